The van der Waals surface area contributed by atoms with E-state index in [9.17, 15) is 4.21 Å². The van der Waals surface area contributed by atoms with Crippen LogP contribution in [0.1, 0.15) is 17.2 Å². The van der Waals surface area contributed by atoms with Crippen LogP contribution in [0.5, 0.6) is 0 Å². The molecule has 0 aliphatic heterocycles. The fourth-order valence-corrected chi connectivity index (χ4v) is 1.87. The van der Waals surface area contributed by atoms with Crippen molar-refractivity contribution in [3.05, 3.63) is 35.9 Å². The molecule has 0 amide bonds. The lowest BCUT2D eigenvalue weighted by Gasteiger charge is -2.10. The summed E-state index contributed by atoms with van der Waals surface area (Å²) in [5.41, 5.74) is 0.789. The zero-order chi connectivity index (χ0) is 9.68. The van der Waals surface area contributed by atoms with E-state index in [0.717, 1.165) is 5.56 Å². The summed E-state index contributed by atoms with van der Waals surface area (Å²) in [5.74, 6) is 0. The molecule has 0 saturated heterocycles. The van der Waals surface area contributed by atoms with Gasteiger partial charge in [-0.2, -0.15) is 0 Å². The molecule has 1 aromatic rings. The third-order valence-corrected chi connectivity index (χ3v) is 2.80. The van der Waals surface area contributed by atoms with Crippen molar-refractivity contribution in [1.82, 2.24) is 0 Å². The molecule has 4 heteroatoms. The van der Waals surface area contributed by atoms with E-state index in [2.05, 4.69) is 0 Å². The summed E-state index contributed by atoms with van der Waals surface area (Å²) in [6.45, 7) is -0.0775. The molecule has 1 aromatic carbocycles. The van der Waals surface area contributed by atoms with E-state index in [4.69, 9.17) is 9.66 Å². The molecule has 72 valence electrons. The van der Waals surface area contributed by atoms with E-state index >= 15 is 0 Å². The van der Waals surface area contributed by atoms with Crippen LogP contribution >= 0.6 is 0 Å². The van der Waals surface area contributed by atoms with Crippen molar-refractivity contribution in [2.24, 2.45) is 0 Å². The van der Waals surface area contributed by atoms with Crippen LogP contribution in [0.15, 0.2) is 30.3 Å². The Hall–Kier alpha value is -0.710. The maximum Gasteiger partial charge on any atom is 0.160 e. The predicted molar refractivity (Wildman–Crippen MR) is 51.7 cm³/mol. The van der Waals surface area contributed by atoms with Gasteiger partial charge in [0.15, 0.2) is 11.1 Å². The molecule has 0 spiro atoms. The highest BCUT2D eigenvalue weighted by Crippen LogP contribution is 2.21. The fourth-order valence-electron chi connectivity index (χ4n) is 1.17. The van der Waals surface area contributed by atoms with Crippen LogP contribution in [-0.2, 0) is 11.1 Å². The Morgan fingerprint density at radius 3 is 2.38 bits per heavy atom. The topological polar surface area (TPSA) is 57.5 Å². The minimum Gasteiger partial charge on any atom is -0.396 e. The number of aliphatic hydroxyl groups excluding tert-OH is 1. The van der Waals surface area contributed by atoms with Gasteiger partial charge in [0.05, 0.1) is 5.25 Å². The highest BCUT2D eigenvalue weighted by atomic mass is 32.2. The Balaban J connectivity index is 2.82. The summed E-state index contributed by atoms with van der Waals surface area (Å²) in [4.78, 5) is 0. The van der Waals surface area contributed by atoms with E-state index in [1.165, 1.54) is 0 Å². The highest BCUT2D eigenvalue weighted by molar-refractivity contribution is 7.79. The normalized spacial score (nSPS) is 15.2. The Morgan fingerprint density at radius 2 is 1.92 bits per heavy atom. The largest absolute Gasteiger partial charge is 0.396 e. The molecule has 0 bridgehead atoms. The molecule has 0 radical (unpaired) electrons. The van der Waals surface area contributed by atoms with Gasteiger partial charge >= 0.3 is 0 Å². The SMILES string of the molecule is O=S(O)C(CCO)c1ccccc1. The van der Waals surface area contributed by atoms with Crippen molar-refractivity contribution in [2.45, 2.75) is 11.7 Å². The molecule has 0 fully saturated rings. The molecular formula is C9H12O3S. The maximum absolute atomic E-state index is 10.9. The van der Waals surface area contributed by atoms with Crippen molar-refractivity contribution < 1.29 is 13.9 Å². The minimum absolute atomic E-state index is 0.0775. The monoisotopic (exact) mass is 200 g/mol. The highest BCUT2D eigenvalue weighted by Gasteiger charge is 2.15. The summed E-state index contributed by atoms with van der Waals surface area (Å²) in [6, 6.07) is 9.04. The third kappa shape index (κ3) is 2.91. The van der Waals surface area contributed by atoms with Gasteiger partial charge in [-0.1, -0.05) is 30.3 Å². The molecule has 0 saturated carbocycles. The fraction of sp³-hybridized carbons (Fsp3) is 0.333. The Labute approximate surface area is 79.7 Å². The second kappa shape index (κ2) is 5.11. The molecular weight excluding hydrogens is 188 g/mol. The number of rotatable bonds is 4. The lowest BCUT2D eigenvalue weighted by atomic mass is 10.1. The molecule has 0 aliphatic rings. The smallest absolute Gasteiger partial charge is 0.160 e. The summed E-state index contributed by atoms with van der Waals surface area (Å²) in [5, 5.41) is 8.22. The van der Waals surface area contributed by atoms with E-state index in [0.29, 0.717) is 6.42 Å². The summed E-state index contributed by atoms with van der Waals surface area (Å²) in [7, 11) is 0. The molecule has 0 heterocycles. The van der Waals surface area contributed by atoms with Gasteiger partial charge in [-0.05, 0) is 12.0 Å². The maximum atomic E-state index is 10.9. The molecule has 2 N–H and O–H groups in total. The van der Waals surface area contributed by atoms with E-state index in [1.54, 1.807) is 12.1 Å². The van der Waals surface area contributed by atoms with Crippen LogP contribution in [0.2, 0.25) is 0 Å². The predicted octanol–water partition coefficient (Wildman–Crippen LogP) is 1.33. The van der Waals surface area contributed by atoms with Gasteiger partial charge in [0.2, 0.25) is 0 Å². The van der Waals surface area contributed by atoms with Crippen LogP contribution in [0, 0.1) is 0 Å². The third-order valence-electron chi connectivity index (χ3n) is 1.81. The van der Waals surface area contributed by atoms with E-state index < -0.39 is 16.3 Å². The lowest BCUT2D eigenvalue weighted by Crippen LogP contribution is -2.07. The first-order chi connectivity index (χ1) is 6.25. The van der Waals surface area contributed by atoms with Crippen molar-refractivity contribution in [3.8, 4) is 0 Å². The summed E-state index contributed by atoms with van der Waals surface area (Å²) in [6.07, 6.45) is 0.313. The van der Waals surface area contributed by atoms with Gasteiger partial charge in [0, 0.05) is 6.61 Å². The molecule has 13 heavy (non-hydrogen) atoms. The molecule has 2 atom stereocenters. The average molecular weight is 200 g/mol. The van der Waals surface area contributed by atoms with Crippen LogP contribution in [0.3, 0.4) is 0 Å². The Bertz CT molecular complexity index is 273. The van der Waals surface area contributed by atoms with Crippen molar-refractivity contribution in [1.29, 1.82) is 0 Å². The molecule has 0 aliphatic carbocycles. The van der Waals surface area contributed by atoms with Crippen molar-refractivity contribution in [2.75, 3.05) is 6.61 Å². The first kappa shape index (κ1) is 10.4. The number of hydrogen-bond donors (Lipinski definition) is 2. The van der Waals surface area contributed by atoms with Crippen LogP contribution < -0.4 is 0 Å². The van der Waals surface area contributed by atoms with Gasteiger partial charge in [-0.15, -0.1) is 0 Å². The first-order valence-electron chi connectivity index (χ1n) is 4.01. The van der Waals surface area contributed by atoms with Gasteiger partial charge in [-0.25, -0.2) is 4.21 Å². The minimum atomic E-state index is -1.91. The second-order valence-electron chi connectivity index (χ2n) is 2.69. The quantitative estimate of drug-likeness (QED) is 0.721. The number of aliphatic hydroxyl groups is 1. The van der Waals surface area contributed by atoms with Gasteiger partial charge < -0.3 is 9.66 Å². The van der Waals surface area contributed by atoms with Crippen molar-refractivity contribution in [3.63, 3.8) is 0 Å². The zero-order valence-corrected chi connectivity index (χ0v) is 7.91. The Morgan fingerprint density at radius 1 is 1.31 bits per heavy atom. The summed E-state index contributed by atoms with van der Waals surface area (Å²) >= 11 is -1.91. The summed E-state index contributed by atoms with van der Waals surface area (Å²) < 4.78 is 19.8. The molecule has 1 rings (SSSR count). The molecule has 0 aromatic heterocycles. The lowest BCUT2D eigenvalue weighted by molar-refractivity contribution is 0.285. The van der Waals surface area contributed by atoms with Crippen molar-refractivity contribution >= 4 is 11.1 Å². The van der Waals surface area contributed by atoms with E-state index in [-0.39, 0.29) is 6.61 Å². The zero-order valence-electron chi connectivity index (χ0n) is 7.09. The van der Waals surface area contributed by atoms with E-state index in [1.807, 2.05) is 18.2 Å². The van der Waals surface area contributed by atoms with Crippen LogP contribution in [-0.4, -0.2) is 20.5 Å². The second-order valence-corrected chi connectivity index (χ2v) is 3.81. The van der Waals surface area contributed by atoms with Crippen LogP contribution in [0.25, 0.3) is 0 Å². The van der Waals surface area contributed by atoms with Gasteiger partial charge in [-0.3, -0.25) is 0 Å². The first-order valence-corrected chi connectivity index (χ1v) is 5.18. The number of hydrogen-bond acceptors (Lipinski definition) is 2. The Kier molecular flexibility index (Phi) is 4.08. The standard InChI is InChI=1S/C9H12O3S/c10-7-6-9(13(11)12)8-4-2-1-3-5-8/h1-5,9-10H,6-7H2,(H,11,12). The number of benzene rings is 1. The van der Waals surface area contributed by atoms with Crippen LogP contribution in [0.4, 0.5) is 0 Å². The molecule has 2 unspecified atom stereocenters. The average Bonchev–Trinajstić information content (AvgIpc) is 2.15. The van der Waals surface area contributed by atoms with Gasteiger partial charge in [0.1, 0.15) is 0 Å². The van der Waals surface area contributed by atoms with Gasteiger partial charge in [0.25, 0.3) is 0 Å². The molecule has 3 nitrogen and oxygen atoms in total.